The molecule has 5 N–H and O–H groups in total. The molecule has 0 amide bonds. The number of anilines is 2. The van der Waals surface area contributed by atoms with Gasteiger partial charge in [-0.15, -0.1) is 0 Å². The van der Waals surface area contributed by atoms with Crippen LogP contribution in [-0.4, -0.2) is 18.7 Å². The SMILES string of the molecule is CCc1c(N)c(CC)c(CCCCS(=O)(=O)O)c(N)c1CC. The number of unbranched alkanes of at least 4 members (excludes halogenated alkanes) is 1. The van der Waals surface area contributed by atoms with Crippen molar-refractivity contribution in [3.05, 3.63) is 22.3 Å². The summed E-state index contributed by atoms with van der Waals surface area (Å²) in [7, 11) is -3.89. The molecule has 0 spiro atoms. The second-order valence-electron chi connectivity index (χ2n) is 5.55. The maximum absolute atomic E-state index is 10.8. The highest BCUT2D eigenvalue weighted by Crippen LogP contribution is 2.34. The molecule has 0 aliphatic heterocycles. The average Bonchev–Trinajstić information content (AvgIpc) is 2.44. The fourth-order valence-electron chi connectivity index (χ4n) is 3.10. The summed E-state index contributed by atoms with van der Waals surface area (Å²) in [4.78, 5) is 0. The molecule has 0 aliphatic carbocycles. The minimum Gasteiger partial charge on any atom is -0.398 e. The Hall–Kier alpha value is -1.27. The Morgan fingerprint density at radius 2 is 1.23 bits per heavy atom. The van der Waals surface area contributed by atoms with Crippen LogP contribution in [0.25, 0.3) is 0 Å². The third-order valence-corrected chi connectivity index (χ3v) is 4.97. The number of rotatable bonds is 8. The van der Waals surface area contributed by atoms with E-state index in [1.165, 1.54) is 0 Å². The van der Waals surface area contributed by atoms with Crippen LogP contribution in [0.3, 0.4) is 0 Å². The van der Waals surface area contributed by atoms with Crippen molar-refractivity contribution in [2.75, 3.05) is 17.2 Å². The van der Waals surface area contributed by atoms with Gasteiger partial charge in [-0.2, -0.15) is 8.42 Å². The molecule has 0 bridgehead atoms. The molecule has 0 saturated heterocycles. The lowest BCUT2D eigenvalue weighted by Gasteiger charge is -2.22. The molecule has 0 aliphatic rings. The predicted octanol–water partition coefficient (Wildman–Crippen LogP) is 2.75. The van der Waals surface area contributed by atoms with Crippen molar-refractivity contribution in [2.45, 2.75) is 59.3 Å². The van der Waals surface area contributed by atoms with Crippen molar-refractivity contribution in [1.29, 1.82) is 0 Å². The van der Waals surface area contributed by atoms with Crippen LogP contribution in [0.1, 0.15) is 55.9 Å². The number of hydrogen-bond donors (Lipinski definition) is 3. The lowest BCUT2D eigenvalue weighted by molar-refractivity contribution is 0.480. The number of nitrogen functional groups attached to an aromatic ring is 2. The molecule has 1 aromatic carbocycles. The second-order valence-corrected chi connectivity index (χ2v) is 7.12. The van der Waals surface area contributed by atoms with E-state index in [0.717, 1.165) is 52.9 Å². The van der Waals surface area contributed by atoms with Gasteiger partial charge in [-0.1, -0.05) is 20.8 Å². The van der Waals surface area contributed by atoms with E-state index < -0.39 is 10.1 Å². The first-order chi connectivity index (χ1) is 10.3. The molecule has 6 heteroatoms. The first-order valence-corrected chi connectivity index (χ1v) is 9.53. The van der Waals surface area contributed by atoms with E-state index in [-0.39, 0.29) is 5.75 Å². The lowest BCUT2D eigenvalue weighted by atomic mass is 9.87. The van der Waals surface area contributed by atoms with Crippen LogP contribution in [0.4, 0.5) is 11.4 Å². The Labute approximate surface area is 133 Å². The van der Waals surface area contributed by atoms with Crippen molar-refractivity contribution in [2.24, 2.45) is 0 Å². The normalized spacial score (nSPS) is 11.8. The Morgan fingerprint density at radius 3 is 1.64 bits per heavy atom. The van der Waals surface area contributed by atoms with Crippen LogP contribution < -0.4 is 11.5 Å². The van der Waals surface area contributed by atoms with Gasteiger partial charge in [0.05, 0.1) is 5.75 Å². The number of benzene rings is 1. The van der Waals surface area contributed by atoms with E-state index in [2.05, 4.69) is 20.8 Å². The largest absolute Gasteiger partial charge is 0.398 e. The molecular weight excluding hydrogens is 300 g/mol. The summed E-state index contributed by atoms with van der Waals surface area (Å²) >= 11 is 0. The third-order valence-electron chi connectivity index (χ3n) is 4.17. The summed E-state index contributed by atoms with van der Waals surface area (Å²) < 4.78 is 30.4. The molecule has 1 rings (SSSR count). The van der Waals surface area contributed by atoms with E-state index in [1.54, 1.807) is 0 Å². The van der Waals surface area contributed by atoms with Gasteiger partial charge in [-0.05, 0) is 60.8 Å². The number of hydrogen-bond acceptors (Lipinski definition) is 4. The molecule has 0 atom stereocenters. The van der Waals surface area contributed by atoms with Gasteiger partial charge < -0.3 is 11.5 Å². The van der Waals surface area contributed by atoms with Crippen LogP contribution in [0.5, 0.6) is 0 Å². The maximum atomic E-state index is 10.8. The van der Waals surface area contributed by atoms with Crippen molar-refractivity contribution in [1.82, 2.24) is 0 Å². The minimum atomic E-state index is -3.89. The monoisotopic (exact) mass is 328 g/mol. The third kappa shape index (κ3) is 4.36. The maximum Gasteiger partial charge on any atom is 0.264 e. The van der Waals surface area contributed by atoms with Gasteiger partial charge >= 0.3 is 0 Å². The van der Waals surface area contributed by atoms with E-state index in [0.29, 0.717) is 19.3 Å². The summed E-state index contributed by atoms with van der Waals surface area (Å²) in [6.07, 6.45) is 4.26. The van der Waals surface area contributed by atoms with Gasteiger partial charge in [-0.3, -0.25) is 4.55 Å². The quantitative estimate of drug-likeness (QED) is 0.386. The smallest absolute Gasteiger partial charge is 0.264 e. The summed E-state index contributed by atoms with van der Waals surface area (Å²) in [5, 5.41) is 0. The van der Waals surface area contributed by atoms with Crippen LogP contribution in [-0.2, 0) is 35.8 Å². The van der Waals surface area contributed by atoms with Crippen LogP contribution in [0.15, 0.2) is 0 Å². The van der Waals surface area contributed by atoms with Gasteiger partial charge in [0.25, 0.3) is 10.1 Å². The molecule has 0 heterocycles. The zero-order valence-electron chi connectivity index (χ0n) is 13.8. The van der Waals surface area contributed by atoms with E-state index in [4.69, 9.17) is 16.0 Å². The molecular formula is C16H28N2O3S. The Morgan fingerprint density at radius 1 is 0.818 bits per heavy atom. The second kappa shape index (κ2) is 7.83. The first-order valence-electron chi connectivity index (χ1n) is 7.92. The summed E-state index contributed by atoms with van der Waals surface area (Å²) in [5.41, 5.74) is 18.7. The van der Waals surface area contributed by atoms with Crippen LogP contribution in [0.2, 0.25) is 0 Å². The highest BCUT2D eigenvalue weighted by atomic mass is 32.2. The van der Waals surface area contributed by atoms with Gasteiger partial charge in [0.2, 0.25) is 0 Å². The van der Waals surface area contributed by atoms with Crippen molar-refractivity contribution >= 4 is 21.5 Å². The highest BCUT2D eigenvalue weighted by molar-refractivity contribution is 7.85. The first kappa shape index (κ1) is 18.8. The van der Waals surface area contributed by atoms with E-state index in [1.807, 2.05) is 0 Å². The average molecular weight is 328 g/mol. The Bertz CT molecular complexity index is 625. The zero-order chi connectivity index (χ0) is 16.9. The van der Waals surface area contributed by atoms with E-state index >= 15 is 0 Å². The van der Waals surface area contributed by atoms with Crippen LogP contribution >= 0.6 is 0 Å². The summed E-state index contributed by atoms with van der Waals surface area (Å²) in [6, 6.07) is 0. The molecule has 126 valence electrons. The molecule has 0 unspecified atom stereocenters. The molecule has 0 fully saturated rings. The summed E-state index contributed by atoms with van der Waals surface area (Å²) in [5.74, 6) is -0.211. The van der Waals surface area contributed by atoms with Crippen LogP contribution in [0, 0.1) is 0 Å². The standard InChI is InChI=1S/C16H28N2O3S/c1-4-11-12(5-2)16(18)14(13(6-3)15(11)17)9-7-8-10-22(19,20)21/h4-10,17-18H2,1-3H3,(H,19,20,21). The molecule has 0 radical (unpaired) electrons. The van der Waals surface area contributed by atoms with Gasteiger partial charge in [0.1, 0.15) is 0 Å². The molecule has 1 aromatic rings. The fraction of sp³-hybridized carbons (Fsp3) is 0.625. The Balaban J connectivity index is 3.10. The van der Waals surface area contributed by atoms with Gasteiger partial charge in [0.15, 0.2) is 0 Å². The Kier molecular flexibility index (Phi) is 6.68. The topological polar surface area (TPSA) is 106 Å². The van der Waals surface area contributed by atoms with Crippen molar-refractivity contribution in [3.63, 3.8) is 0 Å². The highest BCUT2D eigenvalue weighted by Gasteiger charge is 2.18. The molecule has 0 aromatic heterocycles. The van der Waals surface area contributed by atoms with Gasteiger partial charge in [0, 0.05) is 11.4 Å². The number of nitrogens with two attached hydrogens (primary N) is 2. The molecule has 0 saturated carbocycles. The summed E-state index contributed by atoms with van der Waals surface area (Å²) in [6.45, 7) is 6.20. The zero-order valence-corrected chi connectivity index (χ0v) is 14.6. The minimum absolute atomic E-state index is 0.211. The van der Waals surface area contributed by atoms with Crippen molar-refractivity contribution < 1.29 is 13.0 Å². The molecule has 22 heavy (non-hydrogen) atoms. The fourth-order valence-corrected chi connectivity index (χ4v) is 3.67. The predicted molar refractivity (Wildman–Crippen MR) is 92.8 cm³/mol. The lowest BCUT2D eigenvalue weighted by Crippen LogP contribution is -2.12. The van der Waals surface area contributed by atoms with E-state index in [9.17, 15) is 8.42 Å². The van der Waals surface area contributed by atoms with Crippen molar-refractivity contribution in [3.8, 4) is 0 Å². The van der Waals surface area contributed by atoms with Gasteiger partial charge in [-0.25, -0.2) is 0 Å². The molecule has 5 nitrogen and oxygen atoms in total.